The van der Waals surface area contributed by atoms with Crippen LogP contribution >= 0.6 is 15.9 Å². The standard InChI is InChI=1S/C10H13BrN2O/c1-13-5-7(6-14-12)9-4-8(11)2-3-10(9)13/h2-4,7H,5-6,12H2,1H3. The maximum absolute atomic E-state index is 5.12. The second kappa shape index (κ2) is 3.88. The van der Waals surface area contributed by atoms with Crippen molar-refractivity contribution < 1.29 is 4.84 Å². The molecule has 2 rings (SSSR count). The third kappa shape index (κ3) is 1.65. The topological polar surface area (TPSA) is 38.5 Å². The Morgan fingerprint density at radius 1 is 1.64 bits per heavy atom. The molecule has 1 aliphatic rings. The van der Waals surface area contributed by atoms with Crippen molar-refractivity contribution in [1.29, 1.82) is 0 Å². The zero-order chi connectivity index (χ0) is 10.1. The van der Waals surface area contributed by atoms with Gasteiger partial charge in [-0.15, -0.1) is 0 Å². The average molecular weight is 257 g/mol. The van der Waals surface area contributed by atoms with E-state index in [-0.39, 0.29) is 0 Å². The fraction of sp³-hybridized carbons (Fsp3) is 0.400. The lowest BCUT2D eigenvalue weighted by Crippen LogP contribution is -2.19. The number of benzene rings is 1. The normalized spacial score (nSPS) is 19.9. The van der Waals surface area contributed by atoms with Gasteiger partial charge in [-0.25, -0.2) is 5.90 Å². The molecular formula is C10H13BrN2O. The van der Waals surface area contributed by atoms with E-state index in [0.717, 1.165) is 11.0 Å². The summed E-state index contributed by atoms with van der Waals surface area (Å²) >= 11 is 3.47. The fourth-order valence-corrected chi connectivity index (χ4v) is 2.36. The van der Waals surface area contributed by atoms with E-state index in [4.69, 9.17) is 10.7 Å². The first-order valence-electron chi connectivity index (χ1n) is 4.54. The highest BCUT2D eigenvalue weighted by Crippen LogP contribution is 2.36. The molecule has 1 aliphatic heterocycles. The Morgan fingerprint density at radius 3 is 3.14 bits per heavy atom. The maximum atomic E-state index is 5.12. The first kappa shape index (κ1) is 9.96. The fourth-order valence-electron chi connectivity index (χ4n) is 1.99. The Balaban J connectivity index is 2.35. The van der Waals surface area contributed by atoms with E-state index in [1.54, 1.807) is 0 Å². The van der Waals surface area contributed by atoms with Crippen LogP contribution in [0.25, 0.3) is 0 Å². The second-order valence-electron chi connectivity index (χ2n) is 3.61. The molecule has 4 heteroatoms. The third-order valence-electron chi connectivity index (χ3n) is 2.63. The number of hydrogen-bond acceptors (Lipinski definition) is 3. The SMILES string of the molecule is CN1CC(CON)c2cc(Br)ccc21. The van der Waals surface area contributed by atoms with Gasteiger partial charge in [0.05, 0.1) is 6.61 Å². The lowest BCUT2D eigenvalue weighted by Gasteiger charge is -2.11. The van der Waals surface area contributed by atoms with Crippen molar-refractivity contribution in [3.8, 4) is 0 Å². The first-order chi connectivity index (χ1) is 6.72. The quantitative estimate of drug-likeness (QED) is 0.822. The van der Waals surface area contributed by atoms with E-state index in [2.05, 4.69) is 46.1 Å². The summed E-state index contributed by atoms with van der Waals surface area (Å²) in [6, 6.07) is 6.32. The van der Waals surface area contributed by atoms with Gasteiger partial charge in [0.1, 0.15) is 0 Å². The zero-order valence-corrected chi connectivity index (χ0v) is 9.62. The van der Waals surface area contributed by atoms with Crippen molar-refractivity contribution in [1.82, 2.24) is 0 Å². The molecule has 1 aromatic rings. The average Bonchev–Trinajstić information content (AvgIpc) is 2.44. The molecule has 0 aromatic heterocycles. The number of likely N-dealkylation sites (N-methyl/N-ethyl adjacent to an activating group) is 1. The van der Waals surface area contributed by atoms with E-state index in [0.29, 0.717) is 12.5 Å². The van der Waals surface area contributed by atoms with E-state index < -0.39 is 0 Å². The molecule has 1 atom stereocenters. The van der Waals surface area contributed by atoms with Crippen molar-refractivity contribution in [2.24, 2.45) is 5.90 Å². The minimum absolute atomic E-state index is 0.387. The molecule has 14 heavy (non-hydrogen) atoms. The predicted octanol–water partition coefficient (Wildman–Crippen LogP) is 1.87. The molecule has 3 nitrogen and oxygen atoms in total. The molecule has 0 saturated heterocycles. The number of halogens is 1. The molecule has 0 amide bonds. The molecule has 1 heterocycles. The highest BCUT2D eigenvalue weighted by Gasteiger charge is 2.26. The summed E-state index contributed by atoms with van der Waals surface area (Å²) < 4.78 is 1.11. The van der Waals surface area contributed by atoms with Crippen molar-refractivity contribution in [2.45, 2.75) is 5.92 Å². The Labute approximate surface area is 91.9 Å². The number of hydrogen-bond donors (Lipinski definition) is 1. The molecular weight excluding hydrogens is 244 g/mol. The molecule has 0 saturated carbocycles. The summed E-state index contributed by atoms with van der Waals surface area (Å²) in [6.45, 7) is 1.55. The van der Waals surface area contributed by atoms with Crippen LogP contribution in [0, 0.1) is 0 Å². The predicted molar refractivity (Wildman–Crippen MR) is 60.3 cm³/mol. The van der Waals surface area contributed by atoms with Gasteiger partial charge in [-0.1, -0.05) is 15.9 Å². The molecule has 0 spiro atoms. The van der Waals surface area contributed by atoms with Gasteiger partial charge in [-0.3, -0.25) is 0 Å². The summed E-state index contributed by atoms with van der Waals surface area (Å²) in [5.74, 6) is 5.51. The highest BCUT2D eigenvalue weighted by atomic mass is 79.9. The summed E-state index contributed by atoms with van der Waals surface area (Å²) in [6.07, 6.45) is 0. The van der Waals surface area contributed by atoms with Gasteiger partial charge in [0.2, 0.25) is 0 Å². The Bertz CT molecular complexity index is 343. The monoisotopic (exact) mass is 256 g/mol. The Hall–Kier alpha value is -0.580. The van der Waals surface area contributed by atoms with Gasteiger partial charge < -0.3 is 9.74 Å². The largest absolute Gasteiger partial charge is 0.374 e. The molecule has 76 valence electrons. The van der Waals surface area contributed by atoms with Crippen LogP contribution in [0.3, 0.4) is 0 Å². The smallest absolute Gasteiger partial charge is 0.0765 e. The van der Waals surface area contributed by atoms with Crippen LogP contribution in [0.2, 0.25) is 0 Å². The van der Waals surface area contributed by atoms with E-state index in [9.17, 15) is 0 Å². The lowest BCUT2D eigenvalue weighted by molar-refractivity contribution is 0.126. The van der Waals surface area contributed by atoms with Crippen LogP contribution in [-0.4, -0.2) is 20.2 Å². The zero-order valence-electron chi connectivity index (χ0n) is 8.03. The van der Waals surface area contributed by atoms with Gasteiger partial charge in [0.15, 0.2) is 0 Å². The van der Waals surface area contributed by atoms with E-state index >= 15 is 0 Å². The summed E-state index contributed by atoms with van der Waals surface area (Å²) in [5, 5.41) is 0. The van der Waals surface area contributed by atoms with Gasteiger partial charge in [0, 0.05) is 29.7 Å². The molecule has 0 aliphatic carbocycles. The van der Waals surface area contributed by atoms with Crippen molar-refractivity contribution in [3.63, 3.8) is 0 Å². The van der Waals surface area contributed by atoms with E-state index in [1.807, 2.05) is 0 Å². The van der Waals surface area contributed by atoms with Crippen LogP contribution in [0.4, 0.5) is 5.69 Å². The summed E-state index contributed by atoms with van der Waals surface area (Å²) in [5.41, 5.74) is 2.59. The van der Waals surface area contributed by atoms with E-state index in [1.165, 1.54) is 11.3 Å². The number of nitrogens with two attached hydrogens (primary N) is 1. The van der Waals surface area contributed by atoms with Crippen LogP contribution in [0.1, 0.15) is 11.5 Å². The maximum Gasteiger partial charge on any atom is 0.0765 e. The van der Waals surface area contributed by atoms with Gasteiger partial charge in [-0.2, -0.15) is 0 Å². The first-order valence-corrected chi connectivity index (χ1v) is 5.34. The van der Waals surface area contributed by atoms with Crippen molar-refractivity contribution in [2.75, 3.05) is 25.1 Å². The molecule has 0 fully saturated rings. The van der Waals surface area contributed by atoms with Crippen LogP contribution in [-0.2, 0) is 4.84 Å². The van der Waals surface area contributed by atoms with Crippen LogP contribution in [0.5, 0.6) is 0 Å². The molecule has 1 unspecified atom stereocenters. The number of anilines is 1. The second-order valence-corrected chi connectivity index (χ2v) is 4.53. The Morgan fingerprint density at radius 2 is 2.43 bits per heavy atom. The van der Waals surface area contributed by atoms with Crippen LogP contribution < -0.4 is 10.8 Å². The summed E-state index contributed by atoms with van der Waals surface area (Å²) in [4.78, 5) is 6.96. The van der Waals surface area contributed by atoms with Crippen molar-refractivity contribution in [3.05, 3.63) is 28.2 Å². The summed E-state index contributed by atoms with van der Waals surface area (Å²) in [7, 11) is 2.09. The Kier molecular flexibility index (Phi) is 2.76. The van der Waals surface area contributed by atoms with Gasteiger partial charge in [-0.05, 0) is 23.8 Å². The van der Waals surface area contributed by atoms with Crippen molar-refractivity contribution >= 4 is 21.6 Å². The third-order valence-corrected chi connectivity index (χ3v) is 3.13. The number of fused-ring (bicyclic) bond motifs is 1. The lowest BCUT2D eigenvalue weighted by atomic mass is 10.0. The minimum Gasteiger partial charge on any atom is -0.374 e. The molecule has 0 radical (unpaired) electrons. The highest BCUT2D eigenvalue weighted by molar-refractivity contribution is 9.10. The number of nitrogens with zero attached hydrogens (tertiary/aromatic N) is 1. The molecule has 2 N–H and O–H groups in total. The van der Waals surface area contributed by atoms with Crippen LogP contribution in [0.15, 0.2) is 22.7 Å². The minimum atomic E-state index is 0.387. The van der Waals surface area contributed by atoms with Gasteiger partial charge in [0.25, 0.3) is 0 Å². The number of rotatable bonds is 2. The molecule has 0 bridgehead atoms. The van der Waals surface area contributed by atoms with Gasteiger partial charge >= 0.3 is 0 Å². The molecule has 1 aromatic carbocycles.